The highest BCUT2D eigenvalue weighted by Crippen LogP contribution is 2.33. The topological polar surface area (TPSA) is 172 Å². The summed E-state index contributed by atoms with van der Waals surface area (Å²) in [6.45, 7) is 18.8. The highest BCUT2D eigenvalue weighted by molar-refractivity contribution is 5.70. The number of aliphatic hydroxyl groups is 3. The zero-order valence-electron chi connectivity index (χ0n) is 68.5. The number of hydrogen-bond acceptors (Lipinski definition) is 13. The minimum Gasteiger partial charge on any atom is -0.465 e. The summed E-state index contributed by atoms with van der Waals surface area (Å²) >= 11 is 0. The number of unbranched alkanes of at least 4 members (excludes halogenated alkanes) is 36. The van der Waals surface area contributed by atoms with Crippen molar-refractivity contribution in [2.24, 2.45) is 17.8 Å². The van der Waals surface area contributed by atoms with Crippen molar-refractivity contribution in [2.75, 3.05) is 59.1 Å². The molecule has 1 fully saturated rings. The highest BCUT2D eigenvalue weighted by atomic mass is 16.6. The average molecular weight is 1450 g/mol. The van der Waals surface area contributed by atoms with E-state index >= 15 is 0 Å². The third kappa shape index (κ3) is 61.7. The van der Waals surface area contributed by atoms with Gasteiger partial charge in [-0.25, -0.2) is 0 Å². The van der Waals surface area contributed by atoms with Gasteiger partial charge in [0.2, 0.25) is 0 Å². The Labute approximate surface area is 631 Å². The second-order valence-corrected chi connectivity index (χ2v) is 32.1. The van der Waals surface area contributed by atoms with Crippen LogP contribution in [0.15, 0.2) is 0 Å². The largest absolute Gasteiger partial charge is 0.465 e. The predicted molar refractivity (Wildman–Crippen MR) is 429 cm³/mol. The number of carbonyl (C=O) groups is 4. The summed E-state index contributed by atoms with van der Waals surface area (Å²) in [5.74, 6) is 1.47. The van der Waals surface area contributed by atoms with Gasteiger partial charge in [0.05, 0.1) is 25.9 Å². The molecule has 13 heteroatoms. The first-order valence-electron chi connectivity index (χ1n) is 45.0. The maximum Gasteiger partial charge on any atom is 0.306 e. The molecule has 1 saturated carbocycles. The van der Waals surface area contributed by atoms with Gasteiger partial charge in [-0.05, 0) is 185 Å². The van der Waals surface area contributed by atoms with Gasteiger partial charge in [-0.1, -0.05) is 279 Å². The number of ether oxygens (including phenoxy) is 4. The van der Waals surface area contributed by atoms with Crippen LogP contribution in [0.2, 0.25) is 0 Å². The Balaban J connectivity index is 2.61. The first kappa shape index (κ1) is 97.7. The van der Waals surface area contributed by atoms with Crippen molar-refractivity contribution in [3.63, 3.8) is 0 Å². The van der Waals surface area contributed by atoms with E-state index in [0.29, 0.717) is 57.2 Å². The van der Waals surface area contributed by atoms with Crippen LogP contribution in [0.5, 0.6) is 0 Å². The minimum atomic E-state index is -0.746. The molecular weight excluding hydrogens is 1270 g/mol. The first-order chi connectivity index (χ1) is 49.9. The number of aliphatic hydroxyl groups excluding tert-OH is 3. The van der Waals surface area contributed by atoms with E-state index in [9.17, 15) is 34.5 Å². The summed E-state index contributed by atoms with van der Waals surface area (Å²) < 4.78 is 24.5. The smallest absolute Gasteiger partial charge is 0.306 e. The molecule has 1 aliphatic rings. The molecule has 0 bridgehead atoms. The second-order valence-electron chi connectivity index (χ2n) is 32.1. The molecule has 0 aromatic rings. The Hall–Kier alpha value is -2.32. The molecule has 604 valence electrons. The Bertz CT molecular complexity index is 1800. The third-order valence-corrected chi connectivity index (χ3v) is 22.4. The van der Waals surface area contributed by atoms with Gasteiger partial charge in [-0.3, -0.25) is 19.2 Å². The van der Waals surface area contributed by atoms with Crippen LogP contribution in [0.4, 0.5) is 0 Å². The van der Waals surface area contributed by atoms with Gasteiger partial charge in [0.25, 0.3) is 0 Å². The summed E-state index contributed by atoms with van der Waals surface area (Å²) in [5, 5.41) is 29.9. The molecule has 1 rings (SSSR count). The van der Waals surface area contributed by atoms with E-state index in [1.807, 2.05) is 0 Å². The monoisotopic (exact) mass is 1450 g/mol. The minimum absolute atomic E-state index is 0.0192. The maximum atomic E-state index is 13.5. The Morgan fingerprint density at radius 2 is 0.686 bits per heavy atom. The zero-order valence-corrected chi connectivity index (χ0v) is 68.5. The molecule has 0 amide bonds. The summed E-state index contributed by atoms with van der Waals surface area (Å²) in [7, 11) is 0. The van der Waals surface area contributed by atoms with Crippen LogP contribution >= 0.6 is 0 Å². The number of nitrogens with zero attached hydrogens (tertiary/aromatic N) is 2. The molecule has 0 aromatic carbocycles. The van der Waals surface area contributed by atoms with E-state index in [0.717, 1.165) is 238 Å². The van der Waals surface area contributed by atoms with Gasteiger partial charge >= 0.3 is 23.9 Å². The second kappa shape index (κ2) is 74.2. The van der Waals surface area contributed by atoms with Gasteiger partial charge in [-0.15, -0.1) is 0 Å². The molecule has 13 nitrogen and oxygen atoms in total. The summed E-state index contributed by atoms with van der Waals surface area (Å²) in [4.78, 5) is 57.2. The Morgan fingerprint density at radius 1 is 0.343 bits per heavy atom. The molecule has 1 aliphatic carbocycles. The van der Waals surface area contributed by atoms with Gasteiger partial charge in [0, 0.05) is 38.8 Å². The molecule has 0 aromatic heterocycles. The van der Waals surface area contributed by atoms with Crippen molar-refractivity contribution in [1.82, 2.24) is 9.80 Å². The lowest BCUT2D eigenvalue weighted by Gasteiger charge is -2.28. The third-order valence-electron chi connectivity index (χ3n) is 22.4. The van der Waals surface area contributed by atoms with E-state index in [4.69, 9.17) is 18.9 Å². The van der Waals surface area contributed by atoms with Crippen molar-refractivity contribution in [2.45, 2.75) is 470 Å². The van der Waals surface area contributed by atoms with E-state index in [2.05, 4.69) is 51.3 Å². The van der Waals surface area contributed by atoms with Crippen LogP contribution in [0.3, 0.4) is 0 Å². The number of carbonyl (C=O) groups excluding carboxylic acids is 4. The van der Waals surface area contributed by atoms with Gasteiger partial charge in [-0.2, -0.15) is 0 Å². The van der Waals surface area contributed by atoms with Crippen molar-refractivity contribution < 1.29 is 53.4 Å². The summed E-state index contributed by atoms with van der Waals surface area (Å²) in [6.07, 6.45) is 68.1. The van der Waals surface area contributed by atoms with Crippen molar-refractivity contribution in [3.8, 4) is 0 Å². The standard InChI is InChI=1S/C89H172N2O11/c1-7-13-19-23-30-42-58-83(59-43-31-24-20-14-8-2)100-87(96)63-47-35-28-38-51-73-91(76-82(94)77-93)72-50-37-26-33-45-62-86(95)99-78-81(56-41-29-22-16-10-4)80(55-18-12-6)57-53-61-84(60-44-32-25-21-15-9-3)101-88(97)64-46-34-27-36-49-70-90(74-75-92)71-52-39-48-65-89(98)102-85-68-66-79(67-69-85)54-40-17-11-5/h79-85,92-94H,7-78H2,1-6H3. The molecule has 0 saturated heterocycles. The maximum absolute atomic E-state index is 13.5. The molecular formula is C89H172N2O11. The molecule has 0 spiro atoms. The number of esters is 4. The molecule has 0 aliphatic heterocycles. The highest BCUT2D eigenvalue weighted by Gasteiger charge is 2.26. The average Bonchev–Trinajstić information content (AvgIpc) is 0.960. The van der Waals surface area contributed by atoms with Crippen molar-refractivity contribution in [1.29, 1.82) is 0 Å². The zero-order chi connectivity index (χ0) is 74.2. The van der Waals surface area contributed by atoms with Gasteiger partial charge in [0.1, 0.15) is 18.3 Å². The summed E-state index contributed by atoms with van der Waals surface area (Å²) in [6, 6.07) is 0. The molecule has 0 radical (unpaired) electrons. The van der Waals surface area contributed by atoms with E-state index in [1.165, 1.54) is 173 Å². The van der Waals surface area contributed by atoms with Crippen LogP contribution in [-0.4, -0.2) is 133 Å². The van der Waals surface area contributed by atoms with Gasteiger partial charge < -0.3 is 44.1 Å². The quantitative estimate of drug-likeness (QED) is 0.0299. The SMILES string of the molecule is CCCCCCCCC(CCCCCCCC)OC(=O)CCCCCCCN(CCCCCCCC(=O)OCC(CCCCCCC)C(CCCC)CCCC(CCCCCCCC)OC(=O)CCCCCCCN(CCO)CCCCCC(=O)OC1CCC(CCCCC)CC1)CC(O)CO. The van der Waals surface area contributed by atoms with Crippen molar-refractivity contribution >= 4 is 23.9 Å². The fourth-order valence-electron chi connectivity index (χ4n) is 15.7. The number of rotatable bonds is 79. The molecule has 3 N–H and O–H groups in total. The van der Waals surface area contributed by atoms with Gasteiger partial charge in [0.15, 0.2) is 0 Å². The van der Waals surface area contributed by atoms with Crippen LogP contribution in [0, 0.1) is 17.8 Å². The fraction of sp³-hybridized carbons (Fsp3) is 0.955. The van der Waals surface area contributed by atoms with E-state index in [1.54, 1.807) is 0 Å². The normalized spacial score (nSPS) is 15.3. The Kier molecular flexibility index (Phi) is 71.0. The van der Waals surface area contributed by atoms with E-state index < -0.39 is 6.10 Å². The summed E-state index contributed by atoms with van der Waals surface area (Å²) in [5.41, 5.74) is 0. The van der Waals surface area contributed by atoms with Crippen LogP contribution in [0.25, 0.3) is 0 Å². The predicted octanol–water partition coefficient (Wildman–Crippen LogP) is 23.8. The molecule has 4 unspecified atom stereocenters. The molecule has 102 heavy (non-hydrogen) atoms. The Morgan fingerprint density at radius 3 is 1.13 bits per heavy atom. The van der Waals surface area contributed by atoms with Crippen LogP contribution < -0.4 is 0 Å². The lowest BCUT2D eigenvalue weighted by Crippen LogP contribution is -2.35. The number of hydrogen-bond donors (Lipinski definition) is 3. The lowest BCUT2D eigenvalue weighted by molar-refractivity contribution is -0.151. The molecule has 4 atom stereocenters. The van der Waals surface area contributed by atoms with Crippen molar-refractivity contribution in [3.05, 3.63) is 0 Å². The van der Waals surface area contributed by atoms with E-state index in [-0.39, 0.29) is 55.4 Å². The lowest BCUT2D eigenvalue weighted by atomic mass is 9.81. The first-order valence-corrected chi connectivity index (χ1v) is 45.0. The van der Waals surface area contributed by atoms with Crippen LogP contribution in [0.1, 0.15) is 446 Å². The molecule has 0 heterocycles. The van der Waals surface area contributed by atoms with Crippen LogP contribution in [-0.2, 0) is 38.1 Å². The fourth-order valence-corrected chi connectivity index (χ4v) is 15.7.